The van der Waals surface area contributed by atoms with Crippen LogP contribution in [-0.2, 0) is 6.54 Å². The smallest absolute Gasteiger partial charge is 0.425 e. The molecular formula is C16H24F4N4O2. The minimum absolute atomic E-state index is 0.0269. The number of aromatic nitrogens is 2. The van der Waals surface area contributed by atoms with Crippen LogP contribution in [0.2, 0.25) is 0 Å². The number of rotatable bonds is 8. The number of carbonyl (C=O) groups excluding carboxylic acids is 1. The molecule has 6 nitrogen and oxygen atoms in total. The van der Waals surface area contributed by atoms with Gasteiger partial charge in [-0.15, -0.1) is 0 Å². The van der Waals surface area contributed by atoms with Crippen molar-refractivity contribution in [2.75, 3.05) is 6.54 Å². The van der Waals surface area contributed by atoms with Crippen LogP contribution in [0.4, 0.5) is 22.4 Å². The van der Waals surface area contributed by atoms with E-state index in [1.165, 1.54) is 6.07 Å². The molecule has 1 aromatic rings. The number of alkyl halides is 3. The molecule has 0 aliphatic carbocycles. The molecule has 0 aromatic carbocycles. The molecule has 1 aromatic heterocycles. The first-order valence-electron chi connectivity index (χ1n) is 8.07. The Kier molecular flexibility index (Phi) is 10.9. The van der Waals surface area contributed by atoms with Gasteiger partial charge in [-0.1, -0.05) is 20.4 Å². The highest BCUT2D eigenvalue weighted by atomic mass is 19.4. The molecule has 0 aliphatic heterocycles. The lowest BCUT2D eigenvalue weighted by Gasteiger charge is -2.17. The number of nitrogens with one attached hydrogen (secondary N) is 2. The van der Waals surface area contributed by atoms with Crippen LogP contribution in [0, 0.1) is 0 Å². The van der Waals surface area contributed by atoms with E-state index in [0.717, 1.165) is 13.3 Å². The van der Waals surface area contributed by atoms with E-state index in [0.29, 0.717) is 6.42 Å². The summed E-state index contributed by atoms with van der Waals surface area (Å²) in [4.78, 5) is 18.9. The summed E-state index contributed by atoms with van der Waals surface area (Å²) in [7, 11) is 0. The molecule has 1 atom stereocenters. The minimum atomic E-state index is -4.51. The summed E-state index contributed by atoms with van der Waals surface area (Å²) in [6, 6.07) is 0.694. The van der Waals surface area contributed by atoms with Gasteiger partial charge in [-0.3, -0.25) is 0 Å². The number of nitrogens with zero attached hydrogens (tertiary/aromatic N) is 2. The molecular weight excluding hydrogens is 356 g/mol. The van der Waals surface area contributed by atoms with Gasteiger partial charge in [-0.05, 0) is 13.3 Å². The van der Waals surface area contributed by atoms with Crippen LogP contribution in [0.1, 0.15) is 39.3 Å². The van der Waals surface area contributed by atoms with Crippen LogP contribution in [0.5, 0.6) is 5.88 Å². The third-order valence-corrected chi connectivity index (χ3v) is 2.80. The predicted molar refractivity (Wildman–Crippen MR) is 89.2 cm³/mol. The van der Waals surface area contributed by atoms with Crippen LogP contribution < -0.4 is 15.4 Å². The second-order valence-electron chi connectivity index (χ2n) is 4.88. The van der Waals surface area contributed by atoms with Crippen molar-refractivity contribution < 1.29 is 27.1 Å². The largest absolute Gasteiger partial charge is 0.465 e. The average Bonchev–Trinajstić information content (AvgIpc) is 2.58. The van der Waals surface area contributed by atoms with Crippen LogP contribution in [-0.4, -0.2) is 34.8 Å². The summed E-state index contributed by atoms with van der Waals surface area (Å²) in [5.74, 6) is -0.702. The van der Waals surface area contributed by atoms with Crippen molar-refractivity contribution in [2.45, 2.75) is 52.4 Å². The molecule has 2 amide bonds. The van der Waals surface area contributed by atoms with Crippen LogP contribution in [0.25, 0.3) is 0 Å². The Morgan fingerprint density at radius 2 is 1.96 bits per heavy atom. The number of hydrogen-bond acceptors (Lipinski definition) is 4. The fourth-order valence-electron chi connectivity index (χ4n) is 1.50. The SMILES string of the molecule is C=C(F)CCCNC(=O)NCc1cc(O[C@H](C)C(F)(F)F)ncn1.CC. The van der Waals surface area contributed by atoms with Gasteiger partial charge in [-0.25, -0.2) is 19.2 Å². The zero-order valence-corrected chi connectivity index (χ0v) is 15.0. The molecule has 2 N–H and O–H groups in total. The lowest BCUT2D eigenvalue weighted by atomic mass is 10.3. The van der Waals surface area contributed by atoms with Crippen LogP contribution >= 0.6 is 0 Å². The van der Waals surface area contributed by atoms with E-state index in [1.807, 2.05) is 13.8 Å². The van der Waals surface area contributed by atoms with Crippen LogP contribution in [0.3, 0.4) is 0 Å². The molecule has 0 spiro atoms. The Balaban J connectivity index is 0.00000301. The molecule has 0 radical (unpaired) electrons. The topological polar surface area (TPSA) is 76.1 Å². The van der Waals surface area contributed by atoms with E-state index < -0.39 is 24.1 Å². The zero-order chi connectivity index (χ0) is 20.2. The molecule has 0 aliphatic rings. The molecule has 1 heterocycles. The monoisotopic (exact) mass is 380 g/mol. The molecule has 10 heteroatoms. The van der Waals surface area contributed by atoms with Crippen molar-refractivity contribution in [3.05, 3.63) is 30.5 Å². The van der Waals surface area contributed by atoms with E-state index >= 15 is 0 Å². The van der Waals surface area contributed by atoms with Crippen molar-refractivity contribution >= 4 is 6.03 Å². The van der Waals surface area contributed by atoms with E-state index in [9.17, 15) is 22.4 Å². The van der Waals surface area contributed by atoms with Gasteiger partial charge in [0.15, 0.2) is 6.10 Å². The average molecular weight is 380 g/mol. The Morgan fingerprint density at radius 1 is 1.31 bits per heavy atom. The molecule has 1 rings (SSSR count). The second kappa shape index (κ2) is 12.0. The predicted octanol–water partition coefficient (Wildman–Crippen LogP) is 3.90. The van der Waals surface area contributed by atoms with Crippen molar-refractivity contribution in [1.29, 1.82) is 0 Å². The summed E-state index contributed by atoms with van der Waals surface area (Å²) in [5.41, 5.74) is 0.279. The molecule has 148 valence electrons. The van der Waals surface area contributed by atoms with Gasteiger partial charge >= 0.3 is 12.2 Å². The molecule has 0 saturated carbocycles. The summed E-state index contributed by atoms with van der Waals surface area (Å²) in [5, 5.41) is 4.96. The summed E-state index contributed by atoms with van der Waals surface area (Å²) < 4.78 is 54.3. The zero-order valence-electron chi connectivity index (χ0n) is 15.0. The number of allylic oxidation sites excluding steroid dienone is 1. The molecule has 26 heavy (non-hydrogen) atoms. The van der Waals surface area contributed by atoms with E-state index in [4.69, 9.17) is 0 Å². The minimum Gasteiger partial charge on any atom is -0.465 e. The van der Waals surface area contributed by atoms with Gasteiger partial charge < -0.3 is 15.4 Å². The van der Waals surface area contributed by atoms with Gasteiger partial charge in [-0.2, -0.15) is 13.2 Å². The lowest BCUT2D eigenvalue weighted by molar-refractivity contribution is -0.190. The summed E-state index contributed by atoms with van der Waals surface area (Å²) >= 11 is 0. The third kappa shape index (κ3) is 10.5. The Labute approximate surface area is 150 Å². The van der Waals surface area contributed by atoms with E-state index in [-0.39, 0.29) is 31.1 Å². The van der Waals surface area contributed by atoms with Crippen molar-refractivity contribution in [3.8, 4) is 5.88 Å². The van der Waals surface area contributed by atoms with Crippen molar-refractivity contribution in [2.24, 2.45) is 0 Å². The molecule has 0 unspecified atom stereocenters. The number of ether oxygens (including phenoxy) is 1. The maximum atomic E-state index is 12.4. The van der Waals surface area contributed by atoms with Gasteiger partial charge in [0.05, 0.1) is 18.1 Å². The Hall–Kier alpha value is -2.39. The first-order chi connectivity index (χ1) is 12.2. The van der Waals surface area contributed by atoms with Gasteiger partial charge in [0.2, 0.25) is 5.88 Å². The molecule has 0 saturated heterocycles. The van der Waals surface area contributed by atoms with Gasteiger partial charge in [0, 0.05) is 19.0 Å². The first kappa shape index (κ1) is 23.6. The maximum Gasteiger partial charge on any atom is 0.425 e. The van der Waals surface area contributed by atoms with Crippen LogP contribution in [0.15, 0.2) is 24.8 Å². The number of hydrogen-bond donors (Lipinski definition) is 2. The normalized spacial score (nSPS) is 11.7. The highest BCUT2D eigenvalue weighted by Crippen LogP contribution is 2.23. The van der Waals surface area contributed by atoms with E-state index in [2.05, 4.69) is 31.9 Å². The third-order valence-electron chi connectivity index (χ3n) is 2.80. The Morgan fingerprint density at radius 3 is 2.54 bits per heavy atom. The number of halogens is 4. The standard InChI is InChI=1S/C14H18F4N4O2.C2H6/c1-9(15)4-3-5-19-13(23)20-7-11-6-12(22-8-21-11)24-10(2)14(16,17)18;1-2/h6,8,10H,1,3-5,7H2,2H3,(H2,19,20,23);1-2H3/t10-;/m1./s1. The number of urea groups is 1. The quantitative estimate of drug-likeness (QED) is 0.530. The molecule has 0 fully saturated rings. The number of carbonyl (C=O) groups is 1. The Bertz CT molecular complexity index is 567. The summed E-state index contributed by atoms with van der Waals surface area (Å²) in [6.45, 7) is 8.19. The van der Waals surface area contributed by atoms with E-state index in [1.54, 1.807) is 0 Å². The fourth-order valence-corrected chi connectivity index (χ4v) is 1.50. The maximum absolute atomic E-state index is 12.4. The number of amides is 2. The lowest BCUT2D eigenvalue weighted by Crippen LogP contribution is -2.35. The van der Waals surface area contributed by atoms with Gasteiger partial charge in [0.1, 0.15) is 6.33 Å². The highest BCUT2D eigenvalue weighted by molar-refractivity contribution is 5.73. The first-order valence-corrected chi connectivity index (χ1v) is 8.07. The van der Waals surface area contributed by atoms with Crippen molar-refractivity contribution in [3.63, 3.8) is 0 Å². The second-order valence-corrected chi connectivity index (χ2v) is 4.88. The molecule has 0 bridgehead atoms. The fraction of sp³-hybridized carbons (Fsp3) is 0.562. The summed E-state index contributed by atoms with van der Waals surface area (Å²) in [6.07, 6.45) is -4.91. The highest BCUT2D eigenvalue weighted by Gasteiger charge is 2.38. The van der Waals surface area contributed by atoms with Crippen molar-refractivity contribution in [1.82, 2.24) is 20.6 Å². The van der Waals surface area contributed by atoms with Gasteiger partial charge in [0.25, 0.3) is 0 Å².